The summed E-state index contributed by atoms with van der Waals surface area (Å²) in [5, 5.41) is 0. The van der Waals surface area contributed by atoms with Gasteiger partial charge in [-0.1, -0.05) is 12.2 Å². The normalized spacial score (nSPS) is 40.6. The molecule has 4 aliphatic rings. The van der Waals surface area contributed by atoms with Gasteiger partial charge in [0.05, 0.1) is 0 Å². The standard InChI is InChI=1S/C24H36O4/c1-23(2,3)27-19(25)11-15-16(12-20(26)28-24(4,5)6)18-10-17(15)21-13-7-8-14(9-13)22(18)21/h7-8,13-18,21-22H,9-12H2,1-6H3. The van der Waals surface area contributed by atoms with Crippen LogP contribution in [0.25, 0.3) is 0 Å². The second-order valence-corrected chi connectivity index (χ2v) is 11.6. The Hall–Kier alpha value is -1.32. The fourth-order valence-electron chi connectivity index (χ4n) is 7.05. The van der Waals surface area contributed by atoms with Gasteiger partial charge in [0, 0.05) is 12.8 Å². The lowest BCUT2D eigenvalue weighted by molar-refractivity contribution is -0.161. The zero-order chi connectivity index (χ0) is 20.4. The molecule has 0 aromatic carbocycles. The van der Waals surface area contributed by atoms with Crippen LogP contribution in [-0.4, -0.2) is 23.1 Å². The van der Waals surface area contributed by atoms with Gasteiger partial charge in [-0.3, -0.25) is 9.59 Å². The molecule has 28 heavy (non-hydrogen) atoms. The number of ether oxygens (including phenoxy) is 2. The summed E-state index contributed by atoms with van der Waals surface area (Å²) in [6.45, 7) is 11.5. The highest BCUT2D eigenvalue weighted by Crippen LogP contribution is 2.69. The molecule has 8 atom stereocenters. The van der Waals surface area contributed by atoms with Gasteiger partial charge in [0.15, 0.2) is 0 Å². The van der Waals surface area contributed by atoms with Crippen molar-refractivity contribution in [2.24, 2.45) is 47.3 Å². The Labute approximate surface area is 169 Å². The largest absolute Gasteiger partial charge is 0.460 e. The Morgan fingerprint density at radius 1 is 0.750 bits per heavy atom. The van der Waals surface area contributed by atoms with Gasteiger partial charge >= 0.3 is 11.9 Å². The van der Waals surface area contributed by atoms with Crippen molar-refractivity contribution in [1.82, 2.24) is 0 Å². The van der Waals surface area contributed by atoms with E-state index in [4.69, 9.17) is 9.47 Å². The number of hydrogen-bond donors (Lipinski definition) is 0. The first-order chi connectivity index (χ1) is 12.9. The van der Waals surface area contributed by atoms with Crippen molar-refractivity contribution < 1.29 is 19.1 Å². The van der Waals surface area contributed by atoms with Crippen LogP contribution in [0.5, 0.6) is 0 Å². The lowest BCUT2D eigenvalue weighted by atomic mass is 9.63. The molecule has 0 amide bonds. The van der Waals surface area contributed by atoms with E-state index in [1.165, 1.54) is 12.8 Å². The second kappa shape index (κ2) is 6.60. The van der Waals surface area contributed by atoms with Gasteiger partial charge < -0.3 is 9.47 Å². The molecule has 0 radical (unpaired) electrons. The minimum Gasteiger partial charge on any atom is -0.460 e. The molecular weight excluding hydrogens is 352 g/mol. The van der Waals surface area contributed by atoms with E-state index in [0.717, 1.165) is 0 Å². The molecule has 0 aliphatic heterocycles. The molecule has 4 heteroatoms. The fraction of sp³-hybridized carbons (Fsp3) is 0.833. The summed E-state index contributed by atoms with van der Waals surface area (Å²) in [5.74, 6) is 4.17. The minimum absolute atomic E-state index is 0.116. The van der Waals surface area contributed by atoms with Gasteiger partial charge in [-0.2, -0.15) is 0 Å². The Morgan fingerprint density at radius 3 is 1.50 bits per heavy atom. The van der Waals surface area contributed by atoms with E-state index in [1.807, 2.05) is 41.5 Å². The summed E-state index contributed by atoms with van der Waals surface area (Å²) >= 11 is 0. The highest BCUT2D eigenvalue weighted by Gasteiger charge is 2.64. The summed E-state index contributed by atoms with van der Waals surface area (Å²) in [6, 6.07) is 0. The SMILES string of the molecule is CC(C)(C)OC(=O)CC1C(CC(=O)OC(C)(C)C)C2CC1C1C3C=CC(C3)C21. The van der Waals surface area contributed by atoms with E-state index in [-0.39, 0.29) is 23.8 Å². The Kier molecular flexibility index (Phi) is 4.71. The summed E-state index contributed by atoms with van der Waals surface area (Å²) in [5.41, 5.74) is -0.930. The molecule has 4 bridgehead atoms. The third-order valence-electron chi connectivity index (χ3n) is 7.41. The predicted octanol–water partition coefficient (Wildman–Crippen LogP) is 4.77. The lowest BCUT2D eigenvalue weighted by Crippen LogP contribution is -2.40. The molecule has 3 fully saturated rings. The molecular formula is C24H36O4. The maximum Gasteiger partial charge on any atom is 0.306 e. The first-order valence-corrected chi connectivity index (χ1v) is 11.0. The monoisotopic (exact) mass is 388 g/mol. The van der Waals surface area contributed by atoms with Gasteiger partial charge in [-0.15, -0.1) is 0 Å². The van der Waals surface area contributed by atoms with Crippen LogP contribution < -0.4 is 0 Å². The molecule has 0 heterocycles. The molecule has 4 rings (SSSR count). The zero-order valence-corrected chi connectivity index (χ0v) is 18.2. The van der Waals surface area contributed by atoms with E-state index < -0.39 is 11.2 Å². The second-order valence-electron chi connectivity index (χ2n) is 11.6. The Morgan fingerprint density at radius 2 is 1.14 bits per heavy atom. The van der Waals surface area contributed by atoms with E-state index in [2.05, 4.69) is 12.2 Å². The topological polar surface area (TPSA) is 52.6 Å². The first-order valence-electron chi connectivity index (χ1n) is 11.0. The van der Waals surface area contributed by atoms with Crippen LogP contribution in [0.4, 0.5) is 0 Å². The highest BCUT2D eigenvalue weighted by molar-refractivity contribution is 5.72. The fourth-order valence-corrected chi connectivity index (χ4v) is 7.05. The van der Waals surface area contributed by atoms with Crippen LogP contribution in [0.3, 0.4) is 0 Å². The molecule has 3 saturated carbocycles. The number of carbonyl (C=O) groups excluding carboxylic acids is 2. The molecule has 4 aliphatic carbocycles. The summed E-state index contributed by atoms with van der Waals surface area (Å²) in [7, 11) is 0. The summed E-state index contributed by atoms with van der Waals surface area (Å²) in [4.78, 5) is 25.3. The van der Waals surface area contributed by atoms with Gasteiger partial charge in [0.2, 0.25) is 0 Å². The smallest absolute Gasteiger partial charge is 0.306 e. The number of rotatable bonds is 4. The van der Waals surface area contributed by atoms with Crippen molar-refractivity contribution in [1.29, 1.82) is 0 Å². The summed E-state index contributed by atoms with van der Waals surface area (Å²) in [6.07, 6.45) is 8.16. The summed E-state index contributed by atoms with van der Waals surface area (Å²) < 4.78 is 11.3. The molecule has 0 aromatic rings. The van der Waals surface area contributed by atoms with Crippen LogP contribution in [0.2, 0.25) is 0 Å². The average Bonchev–Trinajstić information content (AvgIpc) is 3.22. The Balaban J connectivity index is 1.52. The van der Waals surface area contributed by atoms with Crippen molar-refractivity contribution in [2.45, 2.75) is 78.4 Å². The van der Waals surface area contributed by atoms with Crippen molar-refractivity contribution in [2.75, 3.05) is 0 Å². The van der Waals surface area contributed by atoms with Crippen LogP contribution >= 0.6 is 0 Å². The molecule has 4 nitrogen and oxygen atoms in total. The zero-order valence-electron chi connectivity index (χ0n) is 18.2. The first kappa shape index (κ1) is 20.0. The van der Waals surface area contributed by atoms with Crippen molar-refractivity contribution >= 4 is 11.9 Å². The number of fused-ring (bicyclic) bond motifs is 9. The average molecular weight is 389 g/mol. The van der Waals surface area contributed by atoms with Gasteiger partial charge in [-0.05, 0) is 102 Å². The predicted molar refractivity (Wildman–Crippen MR) is 107 cm³/mol. The third kappa shape index (κ3) is 3.64. The van der Waals surface area contributed by atoms with Crippen molar-refractivity contribution in [3.8, 4) is 0 Å². The Bertz CT molecular complexity index is 624. The quantitative estimate of drug-likeness (QED) is 0.395. The van der Waals surface area contributed by atoms with Crippen molar-refractivity contribution in [3.63, 3.8) is 0 Å². The highest BCUT2D eigenvalue weighted by atomic mass is 16.6. The maximum absolute atomic E-state index is 12.7. The van der Waals surface area contributed by atoms with E-state index in [1.54, 1.807) is 0 Å². The minimum atomic E-state index is -0.465. The van der Waals surface area contributed by atoms with E-state index >= 15 is 0 Å². The number of allylic oxidation sites excluding steroid dienone is 2. The third-order valence-corrected chi connectivity index (χ3v) is 7.41. The molecule has 0 N–H and O–H groups in total. The van der Waals surface area contributed by atoms with Gasteiger partial charge in [0.1, 0.15) is 11.2 Å². The van der Waals surface area contributed by atoms with Crippen molar-refractivity contribution in [3.05, 3.63) is 12.2 Å². The number of carbonyl (C=O) groups is 2. The van der Waals surface area contributed by atoms with E-state index in [0.29, 0.717) is 48.3 Å². The van der Waals surface area contributed by atoms with E-state index in [9.17, 15) is 9.59 Å². The molecule has 0 spiro atoms. The lowest BCUT2D eigenvalue weighted by Gasteiger charge is -2.41. The molecule has 156 valence electrons. The maximum atomic E-state index is 12.7. The number of hydrogen-bond acceptors (Lipinski definition) is 4. The van der Waals surface area contributed by atoms with Crippen LogP contribution in [0, 0.1) is 47.3 Å². The van der Waals surface area contributed by atoms with Gasteiger partial charge in [0.25, 0.3) is 0 Å². The molecule has 0 saturated heterocycles. The van der Waals surface area contributed by atoms with Crippen LogP contribution in [0.1, 0.15) is 67.2 Å². The molecule has 8 unspecified atom stereocenters. The van der Waals surface area contributed by atoms with Crippen LogP contribution in [-0.2, 0) is 19.1 Å². The van der Waals surface area contributed by atoms with Crippen LogP contribution in [0.15, 0.2) is 12.2 Å². The number of esters is 2. The van der Waals surface area contributed by atoms with Gasteiger partial charge in [-0.25, -0.2) is 0 Å². The molecule has 0 aromatic heterocycles.